The summed E-state index contributed by atoms with van der Waals surface area (Å²) in [6.45, 7) is 4.18. The topological polar surface area (TPSA) is 107 Å². The molecular formula is C37H32N6O3S. The van der Waals surface area contributed by atoms with E-state index in [4.69, 9.17) is 19.7 Å². The quantitative estimate of drug-likeness (QED) is 0.189. The summed E-state index contributed by atoms with van der Waals surface area (Å²) in [5, 5.41) is 20.0. The van der Waals surface area contributed by atoms with Gasteiger partial charge in [0.2, 0.25) is 5.91 Å². The van der Waals surface area contributed by atoms with Crippen LogP contribution in [-0.2, 0) is 9.53 Å². The fraction of sp³-hybridized carbons (Fsp3) is 0.243. The zero-order chi connectivity index (χ0) is 32.2. The standard InChI is InChI=1S/C37H32N6O3S/c38-15-12-36(44)42-17-14-30(25-42)46-35-11-8-27(22-28(35)24-39)32-13-16-40-37-33(32)23-34(43(37)47-31-4-2-1-3-5-31)26-6-9-29(10-7-26)41-18-20-45-21-19-41/h1-11,13,16,22-23,30H,12,14,17-21,25H2. The first-order valence-corrected chi connectivity index (χ1v) is 16.4. The maximum atomic E-state index is 12.2. The number of amides is 1. The van der Waals surface area contributed by atoms with Crippen molar-refractivity contribution in [2.45, 2.75) is 23.8 Å². The van der Waals surface area contributed by atoms with Gasteiger partial charge in [-0.05, 0) is 77.2 Å². The van der Waals surface area contributed by atoms with E-state index in [0.29, 0.717) is 30.8 Å². The van der Waals surface area contributed by atoms with Crippen LogP contribution in [0.4, 0.5) is 5.69 Å². The predicted octanol–water partition coefficient (Wildman–Crippen LogP) is 6.53. The number of hydrogen-bond acceptors (Lipinski definition) is 8. The van der Waals surface area contributed by atoms with E-state index in [9.17, 15) is 10.1 Å². The highest BCUT2D eigenvalue weighted by Crippen LogP contribution is 2.39. The van der Waals surface area contributed by atoms with Crippen LogP contribution in [-0.4, -0.2) is 65.3 Å². The van der Waals surface area contributed by atoms with Gasteiger partial charge in [0.05, 0.1) is 37.1 Å². The first-order chi connectivity index (χ1) is 23.1. The molecule has 0 bridgehead atoms. The van der Waals surface area contributed by atoms with Crippen molar-refractivity contribution in [2.24, 2.45) is 0 Å². The average molecular weight is 641 g/mol. The Morgan fingerprint density at radius 2 is 1.74 bits per heavy atom. The number of ether oxygens (including phenoxy) is 2. The van der Waals surface area contributed by atoms with Crippen LogP contribution in [0.15, 0.2) is 96.0 Å². The van der Waals surface area contributed by atoms with Gasteiger partial charge in [0.25, 0.3) is 0 Å². The summed E-state index contributed by atoms with van der Waals surface area (Å²) >= 11 is 1.62. The second kappa shape index (κ2) is 13.6. The average Bonchev–Trinajstić information content (AvgIpc) is 3.74. The summed E-state index contributed by atoms with van der Waals surface area (Å²) in [6.07, 6.45) is 2.09. The summed E-state index contributed by atoms with van der Waals surface area (Å²) in [4.78, 5) is 22.1. The SMILES string of the molecule is N#CCC(=O)N1CCC(Oc2ccc(-c3ccnc4c3cc(-c3ccc(N5CCOCC5)cc3)n4Sc3ccccc3)cc2C#N)C1. The summed E-state index contributed by atoms with van der Waals surface area (Å²) in [5.74, 6) is 0.292. The molecule has 3 aromatic carbocycles. The molecule has 1 atom stereocenters. The lowest BCUT2D eigenvalue weighted by atomic mass is 10.0. The van der Waals surface area contributed by atoms with Crippen molar-refractivity contribution in [2.75, 3.05) is 44.3 Å². The number of hydrogen-bond donors (Lipinski definition) is 0. The monoisotopic (exact) mass is 640 g/mol. The van der Waals surface area contributed by atoms with Gasteiger partial charge in [0.15, 0.2) is 5.65 Å². The van der Waals surface area contributed by atoms with E-state index < -0.39 is 0 Å². The Bertz CT molecular complexity index is 1990. The van der Waals surface area contributed by atoms with E-state index in [0.717, 1.165) is 64.6 Å². The minimum absolute atomic E-state index is 0.141. The Labute approximate surface area is 277 Å². The van der Waals surface area contributed by atoms with Gasteiger partial charge in [0.1, 0.15) is 24.3 Å². The Hall–Kier alpha value is -5.29. The number of carbonyl (C=O) groups excluding carboxylic acids is 1. The van der Waals surface area contributed by atoms with Gasteiger partial charge in [0, 0.05) is 48.2 Å². The van der Waals surface area contributed by atoms with Crippen LogP contribution < -0.4 is 9.64 Å². The molecule has 0 spiro atoms. The number of pyridine rings is 1. The van der Waals surface area contributed by atoms with Gasteiger partial charge in [-0.3, -0.25) is 8.77 Å². The fourth-order valence-corrected chi connectivity index (χ4v) is 7.15. The molecule has 0 aliphatic carbocycles. The number of aromatic nitrogens is 2. The Kier molecular flexibility index (Phi) is 8.79. The summed E-state index contributed by atoms with van der Waals surface area (Å²) < 4.78 is 13.9. The molecule has 0 saturated carbocycles. The molecule has 9 nitrogen and oxygen atoms in total. The van der Waals surface area contributed by atoms with Crippen LogP contribution in [0.25, 0.3) is 33.4 Å². The number of anilines is 1. The summed E-state index contributed by atoms with van der Waals surface area (Å²) in [6, 6.07) is 33.0. The Morgan fingerprint density at radius 3 is 2.51 bits per heavy atom. The molecule has 234 valence electrons. The summed E-state index contributed by atoms with van der Waals surface area (Å²) in [7, 11) is 0. The van der Waals surface area contributed by atoms with Crippen LogP contribution in [0.3, 0.4) is 0 Å². The van der Waals surface area contributed by atoms with E-state index in [1.807, 2.05) is 54.7 Å². The lowest BCUT2D eigenvalue weighted by Crippen LogP contribution is -2.36. The highest BCUT2D eigenvalue weighted by molar-refractivity contribution is 7.98. The normalized spacial score (nSPS) is 16.2. The van der Waals surface area contributed by atoms with E-state index in [1.54, 1.807) is 16.8 Å². The summed E-state index contributed by atoms with van der Waals surface area (Å²) in [5.41, 5.74) is 6.39. The number of likely N-dealkylation sites (tertiary alicyclic amines) is 1. The molecule has 0 radical (unpaired) electrons. The van der Waals surface area contributed by atoms with Crippen molar-refractivity contribution in [3.63, 3.8) is 0 Å². The van der Waals surface area contributed by atoms with Crippen molar-refractivity contribution >= 4 is 34.6 Å². The highest BCUT2D eigenvalue weighted by Gasteiger charge is 2.28. The smallest absolute Gasteiger partial charge is 0.236 e. The number of nitrogens with zero attached hydrogens (tertiary/aromatic N) is 6. The van der Waals surface area contributed by atoms with Gasteiger partial charge >= 0.3 is 0 Å². The maximum absolute atomic E-state index is 12.2. The van der Waals surface area contributed by atoms with E-state index in [2.05, 4.69) is 57.4 Å². The first-order valence-electron chi connectivity index (χ1n) is 15.6. The minimum Gasteiger partial charge on any atom is -0.487 e. The van der Waals surface area contributed by atoms with Gasteiger partial charge in [-0.25, -0.2) is 4.98 Å². The third kappa shape index (κ3) is 6.39. The molecule has 2 aliphatic rings. The molecule has 0 N–H and O–H groups in total. The van der Waals surface area contributed by atoms with Crippen molar-refractivity contribution in [3.05, 3.63) is 96.7 Å². The van der Waals surface area contributed by atoms with Gasteiger partial charge in [-0.15, -0.1) is 0 Å². The maximum Gasteiger partial charge on any atom is 0.236 e. The van der Waals surface area contributed by atoms with Crippen molar-refractivity contribution < 1.29 is 14.3 Å². The van der Waals surface area contributed by atoms with Gasteiger partial charge in [-0.1, -0.05) is 36.4 Å². The molecule has 2 saturated heterocycles. The molecular weight excluding hydrogens is 609 g/mol. The molecule has 2 aromatic heterocycles. The van der Waals surface area contributed by atoms with Crippen molar-refractivity contribution in [1.29, 1.82) is 10.5 Å². The minimum atomic E-state index is -0.232. The number of fused-ring (bicyclic) bond motifs is 1. The zero-order valence-electron chi connectivity index (χ0n) is 25.7. The predicted molar refractivity (Wildman–Crippen MR) is 182 cm³/mol. The van der Waals surface area contributed by atoms with Crippen molar-refractivity contribution in [3.8, 4) is 40.3 Å². The lowest BCUT2D eigenvalue weighted by molar-refractivity contribution is -0.129. The van der Waals surface area contributed by atoms with Crippen LogP contribution in [0.1, 0.15) is 18.4 Å². The second-order valence-corrected chi connectivity index (χ2v) is 12.5. The molecule has 5 aromatic rings. The second-order valence-electron chi connectivity index (χ2n) is 11.5. The third-order valence-corrected chi connectivity index (χ3v) is 9.61. The molecule has 4 heterocycles. The van der Waals surface area contributed by atoms with E-state index in [1.165, 1.54) is 5.69 Å². The Morgan fingerprint density at radius 1 is 0.957 bits per heavy atom. The molecule has 1 unspecified atom stereocenters. The number of benzene rings is 3. The van der Waals surface area contributed by atoms with Crippen LogP contribution in [0.5, 0.6) is 5.75 Å². The van der Waals surface area contributed by atoms with Crippen LogP contribution >= 0.6 is 11.9 Å². The number of morpholine rings is 1. The third-order valence-electron chi connectivity index (χ3n) is 8.57. The van der Waals surface area contributed by atoms with E-state index in [-0.39, 0.29) is 18.4 Å². The molecule has 2 aliphatic heterocycles. The van der Waals surface area contributed by atoms with E-state index >= 15 is 0 Å². The highest BCUT2D eigenvalue weighted by atomic mass is 32.2. The molecule has 7 rings (SSSR count). The zero-order valence-corrected chi connectivity index (χ0v) is 26.5. The number of carbonyl (C=O) groups is 1. The van der Waals surface area contributed by atoms with Crippen LogP contribution in [0, 0.1) is 22.7 Å². The number of nitriles is 2. The molecule has 2 fully saturated rings. The largest absolute Gasteiger partial charge is 0.487 e. The number of rotatable bonds is 8. The van der Waals surface area contributed by atoms with Crippen LogP contribution in [0.2, 0.25) is 0 Å². The lowest BCUT2D eigenvalue weighted by Gasteiger charge is -2.28. The molecule has 10 heteroatoms. The first kappa shape index (κ1) is 30.4. The fourth-order valence-electron chi connectivity index (χ4n) is 6.17. The molecule has 47 heavy (non-hydrogen) atoms. The molecule has 1 amide bonds. The Balaban J connectivity index is 1.23. The van der Waals surface area contributed by atoms with Crippen molar-refractivity contribution in [1.82, 2.24) is 13.9 Å². The van der Waals surface area contributed by atoms with Gasteiger partial charge in [-0.2, -0.15) is 10.5 Å². The van der Waals surface area contributed by atoms with Gasteiger partial charge < -0.3 is 19.3 Å².